The van der Waals surface area contributed by atoms with Gasteiger partial charge < -0.3 is 29.6 Å². The molecule has 1 saturated heterocycles. The van der Waals surface area contributed by atoms with Crippen LogP contribution in [0.5, 0.6) is 17.2 Å². The summed E-state index contributed by atoms with van der Waals surface area (Å²) in [7, 11) is 0. The van der Waals surface area contributed by atoms with Crippen LogP contribution in [0.4, 0.5) is 0 Å². The third-order valence-corrected chi connectivity index (χ3v) is 3.83. The van der Waals surface area contributed by atoms with Crippen LogP contribution < -0.4 is 24.8 Å². The molecule has 2 N–H and O–H groups in total. The predicted molar refractivity (Wildman–Crippen MR) is 91.0 cm³/mol. The Balaban J connectivity index is 1.40. The molecule has 7 heteroatoms. The largest absolute Gasteiger partial charge is 0.492 e. The van der Waals surface area contributed by atoms with Crippen molar-refractivity contribution in [3.05, 3.63) is 18.2 Å². The Morgan fingerprint density at radius 1 is 1.29 bits per heavy atom. The highest BCUT2D eigenvalue weighted by molar-refractivity contribution is 5.79. The van der Waals surface area contributed by atoms with Crippen LogP contribution in [-0.2, 0) is 4.74 Å². The number of rotatable bonds is 7. The highest BCUT2D eigenvalue weighted by Crippen LogP contribution is 2.34. The molecule has 0 amide bonds. The molecule has 1 unspecified atom stereocenters. The fourth-order valence-corrected chi connectivity index (χ4v) is 2.63. The molecule has 0 saturated carbocycles. The monoisotopic (exact) mass is 335 g/mol. The highest BCUT2D eigenvalue weighted by atomic mass is 16.7. The molecule has 0 radical (unpaired) electrons. The van der Waals surface area contributed by atoms with Gasteiger partial charge in [-0.2, -0.15) is 0 Å². The number of ether oxygens (including phenoxy) is 4. The van der Waals surface area contributed by atoms with Gasteiger partial charge >= 0.3 is 0 Å². The molecule has 2 aliphatic rings. The molecule has 0 aromatic heterocycles. The van der Waals surface area contributed by atoms with Crippen LogP contribution in [0.15, 0.2) is 23.2 Å². The first kappa shape index (κ1) is 16.7. The molecule has 0 aliphatic carbocycles. The number of nitrogens with zero attached hydrogens (tertiary/aromatic N) is 1. The summed E-state index contributed by atoms with van der Waals surface area (Å²) in [6.07, 6.45) is 2.48. The van der Waals surface area contributed by atoms with Crippen molar-refractivity contribution >= 4 is 5.96 Å². The summed E-state index contributed by atoms with van der Waals surface area (Å²) in [5, 5.41) is 6.50. The van der Waals surface area contributed by atoms with E-state index in [1.54, 1.807) is 0 Å². The third kappa shape index (κ3) is 4.67. The van der Waals surface area contributed by atoms with E-state index in [9.17, 15) is 0 Å². The predicted octanol–water partition coefficient (Wildman–Crippen LogP) is 1.53. The average molecular weight is 335 g/mol. The first-order valence-corrected chi connectivity index (χ1v) is 8.51. The number of hydrogen-bond donors (Lipinski definition) is 2. The number of guanidine groups is 1. The van der Waals surface area contributed by atoms with Gasteiger partial charge in [0, 0.05) is 19.2 Å². The SMILES string of the molecule is CCNC(=NCC1CCCO1)NCCOc1ccc2c(c1)OCO2. The lowest BCUT2D eigenvalue weighted by atomic mass is 10.2. The summed E-state index contributed by atoms with van der Waals surface area (Å²) >= 11 is 0. The summed E-state index contributed by atoms with van der Waals surface area (Å²) in [5.74, 6) is 3.05. The first-order chi connectivity index (χ1) is 11.8. The fourth-order valence-electron chi connectivity index (χ4n) is 2.63. The van der Waals surface area contributed by atoms with Crippen molar-refractivity contribution in [2.24, 2.45) is 4.99 Å². The Kier molecular flexibility index (Phi) is 6.01. The molecule has 24 heavy (non-hydrogen) atoms. The second-order valence-electron chi connectivity index (χ2n) is 5.64. The first-order valence-electron chi connectivity index (χ1n) is 8.51. The Bertz CT molecular complexity index is 559. The molecule has 7 nitrogen and oxygen atoms in total. The van der Waals surface area contributed by atoms with Crippen LogP contribution in [0.25, 0.3) is 0 Å². The molecule has 1 aromatic rings. The van der Waals surface area contributed by atoms with Crippen LogP contribution >= 0.6 is 0 Å². The van der Waals surface area contributed by atoms with Crippen molar-refractivity contribution in [2.45, 2.75) is 25.9 Å². The minimum Gasteiger partial charge on any atom is -0.492 e. The molecule has 1 fully saturated rings. The standard InChI is InChI=1S/C17H25N3O4/c1-2-18-17(20-11-14-4-3-8-21-14)19-7-9-22-13-5-6-15-16(10-13)24-12-23-15/h5-6,10,14H,2-4,7-9,11-12H2,1H3,(H2,18,19,20). The fraction of sp³-hybridized carbons (Fsp3) is 0.588. The maximum absolute atomic E-state index is 5.73. The van der Waals surface area contributed by atoms with Crippen molar-refractivity contribution in [2.75, 3.05) is 39.6 Å². The number of benzene rings is 1. The Labute approximate surface area is 142 Å². The number of nitrogens with one attached hydrogen (secondary N) is 2. The summed E-state index contributed by atoms with van der Waals surface area (Å²) in [6, 6.07) is 5.58. The molecule has 3 rings (SSSR count). The average Bonchev–Trinajstić information content (AvgIpc) is 3.27. The normalized spacial score (nSPS) is 19.4. The van der Waals surface area contributed by atoms with Gasteiger partial charge in [0.05, 0.1) is 19.2 Å². The van der Waals surface area contributed by atoms with Gasteiger partial charge in [0.15, 0.2) is 17.5 Å². The van der Waals surface area contributed by atoms with Gasteiger partial charge in [-0.15, -0.1) is 0 Å². The molecule has 2 aliphatic heterocycles. The van der Waals surface area contributed by atoms with Gasteiger partial charge in [0.2, 0.25) is 6.79 Å². The van der Waals surface area contributed by atoms with Crippen LogP contribution in [-0.4, -0.2) is 51.7 Å². The van der Waals surface area contributed by atoms with E-state index < -0.39 is 0 Å². The highest BCUT2D eigenvalue weighted by Gasteiger charge is 2.15. The van der Waals surface area contributed by atoms with Crippen molar-refractivity contribution in [3.63, 3.8) is 0 Å². The van der Waals surface area contributed by atoms with Crippen LogP contribution in [0, 0.1) is 0 Å². The maximum atomic E-state index is 5.73. The molecule has 0 bridgehead atoms. The molecule has 1 atom stereocenters. The van der Waals surface area contributed by atoms with Crippen molar-refractivity contribution in [3.8, 4) is 17.2 Å². The number of hydrogen-bond acceptors (Lipinski definition) is 5. The summed E-state index contributed by atoms with van der Waals surface area (Å²) in [4.78, 5) is 4.56. The smallest absolute Gasteiger partial charge is 0.231 e. The Morgan fingerprint density at radius 3 is 3.04 bits per heavy atom. The van der Waals surface area contributed by atoms with E-state index in [1.165, 1.54) is 0 Å². The summed E-state index contributed by atoms with van der Waals surface area (Å²) < 4.78 is 21.9. The van der Waals surface area contributed by atoms with Gasteiger partial charge in [-0.3, -0.25) is 4.99 Å². The molecular formula is C17H25N3O4. The van der Waals surface area contributed by atoms with Gasteiger partial charge in [0.1, 0.15) is 12.4 Å². The quantitative estimate of drug-likeness (QED) is 0.447. The van der Waals surface area contributed by atoms with E-state index in [4.69, 9.17) is 18.9 Å². The van der Waals surface area contributed by atoms with Crippen LogP contribution in [0.3, 0.4) is 0 Å². The maximum Gasteiger partial charge on any atom is 0.231 e. The second-order valence-corrected chi connectivity index (χ2v) is 5.64. The van der Waals surface area contributed by atoms with Crippen molar-refractivity contribution in [1.82, 2.24) is 10.6 Å². The third-order valence-electron chi connectivity index (χ3n) is 3.83. The zero-order chi connectivity index (χ0) is 16.6. The van der Waals surface area contributed by atoms with Crippen LogP contribution in [0.1, 0.15) is 19.8 Å². The lowest BCUT2D eigenvalue weighted by Gasteiger charge is -2.13. The lowest BCUT2D eigenvalue weighted by Crippen LogP contribution is -2.39. The van der Waals surface area contributed by atoms with Crippen molar-refractivity contribution in [1.29, 1.82) is 0 Å². The Hall–Kier alpha value is -2.15. The molecule has 0 spiro atoms. The number of aliphatic imine (C=N–C) groups is 1. The van der Waals surface area contributed by atoms with Crippen LogP contribution in [0.2, 0.25) is 0 Å². The van der Waals surface area contributed by atoms with Crippen molar-refractivity contribution < 1.29 is 18.9 Å². The zero-order valence-corrected chi connectivity index (χ0v) is 14.0. The zero-order valence-electron chi connectivity index (χ0n) is 14.0. The Morgan fingerprint density at radius 2 is 2.21 bits per heavy atom. The summed E-state index contributed by atoms with van der Waals surface area (Å²) in [6.45, 7) is 5.88. The number of fused-ring (bicyclic) bond motifs is 1. The van der Waals surface area contributed by atoms with Gasteiger partial charge in [0.25, 0.3) is 0 Å². The van der Waals surface area contributed by atoms with E-state index in [-0.39, 0.29) is 12.9 Å². The van der Waals surface area contributed by atoms with E-state index in [1.807, 2.05) is 25.1 Å². The topological polar surface area (TPSA) is 73.3 Å². The van der Waals surface area contributed by atoms with E-state index >= 15 is 0 Å². The lowest BCUT2D eigenvalue weighted by molar-refractivity contribution is 0.117. The van der Waals surface area contributed by atoms with E-state index in [2.05, 4.69) is 15.6 Å². The van der Waals surface area contributed by atoms with E-state index in [0.717, 1.165) is 49.2 Å². The van der Waals surface area contributed by atoms with Gasteiger partial charge in [-0.25, -0.2) is 0 Å². The minimum atomic E-state index is 0.255. The minimum absolute atomic E-state index is 0.255. The second kappa shape index (κ2) is 8.63. The molecule has 2 heterocycles. The van der Waals surface area contributed by atoms with E-state index in [0.29, 0.717) is 19.7 Å². The molecular weight excluding hydrogens is 310 g/mol. The molecule has 132 valence electrons. The molecule has 1 aromatic carbocycles. The summed E-state index contributed by atoms with van der Waals surface area (Å²) in [5.41, 5.74) is 0. The van der Waals surface area contributed by atoms with Gasteiger partial charge in [-0.1, -0.05) is 0 Å². The van der Waals surface area contributed by atoms with Gasteiger partial charge in [-0.05, 0) is 31.9 Å².